The Labute approximate surface area is 120 Å². The Morgan fingerprint density at radius 1 is 1.35 bits per heavy atom. The van der Waals surface area contributed by atoms with Gasteiger partial charge in [0.1, 0.15) is 6.54 Å². The van der Waals surface area contributed by atoms with Gasteiger partial charge < -0.3 is 21.1 Å². The highest BCUT2D eigenvalue weighted by Gasteiger charge is 1.97. The van der Waals surface area contributed by atoms with Crippen molar-refractivity contribution in [2.45, 2.75) is 20.3 Å². The molecule has 0 aromatic rings. The van der Waals surface area contributed by atoms with E-state index in [1.807, 2.05) is 13.8 Å². The van der Waals surface area contributed by atoms with Gasteiger partial charge in [0.15, 0.2) is 5.96 Å². The van der Waals surface area contributed by atoms with E-state index < -0.39 is 0 Å². The number of nitrogens with two attached hydrogens (primary N) is 1. The molecule has 0 saturated heterocycles. The third-order valence-electron chi connectivity index (χ3n) is 1.74. The zero-order valence-electron chi connectivity index (χ0n) is 10.5. The predicted octanol–water partition coefficient (Wildman–Crippen LogP) is 0.0714. The molecule has 0 fully saturated rings. The maximum Gasteiger partial charge on any atom is 0.241 e. The molecule has 102 valence electrons. The molecule has 0 unspecified atom stereocenters. The van der Waals surface area contributed by atoms with Crippen molar-refractivity contribution < 1.29 is 9.53 Å². The first-order valence-corrected chi connectivity index (χ1v) is 5.58. The van der Waals surface area contributed by atoms with Crippen LogP contribution in [0, 0.1) is 0 Å². The summed E-state index contributed by atoms with van der Waals surface area (Å²) < 4.78 is 5.16. The zero-order chi connectivity index (χ0) is 12.2. The normalized spacial score (nSPS) is 10.6. The number of aliphatic imine (C=N–C) groups is 1. The number of amides is 1. The van der Waals surface area contributed by atoms with Gasteiger partial charge in [-0.1, -0.05) is 0 Å². The van der Waals surface area contributed by atoms with Gasteiger partial charge in [-0.25, -0.2) is 4.99 Å². The molecule has 0 saturated carbocycles. The lowest BCUT2D eigenvalue weighted by molar-refractivity contribution is -0.119. The molecule has 0 aliphatic rings. The predicted molar refractivity (Wildman–Crippen MR) is 79.7 cm³/mol. The fraction of sp³-hybridized carbons (Fsp3) is 0.800. The summed E-state index contributed by atoms with van der Waals surface area (Å²) in [5, 5.41) is 5.54. The van der Waals surface area contributed by atoms with Gasteiger partial charge >= 0.3 is 0 Å². The molecule has 4 N–H and O–H groups in total. The van der Waals surface area contributed by atoms with E-state index in [0.29, 0.717) is 25.7 Å². The molecule has 0 rings (SSSR count). The largest absolute Gasteiger partial charge is 0.382 e. The molecule has 0 spiro atoms. The van der Waals surface area contributed by atoms with Crippen LogP contribution in [0.25, 0.3) is 0 Å². The number of hydrogen-bond acceptors (Lipinski definition) is 3. The molecule has 0 radical (unpaired) electrons. The molecule has 0 atom stereocenters. The lowest BCUT2D eigenvalue weighted by Gasteiger charge is -2.05. The summed E-state index contributed by atoms with van der Waals surface area (Å²) in [5.74, 6) is 0.171. The van der Waals surface area contributed by atoms with Crippen LogP contribution < -0.4 is 16.4 Å². The lowest BCUT2D eigenvalue weighted by atomic mass is 10.4. The number of nitrogens with one attached hydrogen (secondary N) is 2. The second-order valence-electron chi connectivity index (χ2n) is 3.13. The second-order valence-corrected chi connectivity index (χ2v) is 3.13. The van der Waals surface area contributed by atoms with Crippen molar-refractivity contribution in [1.29, 1.82) is 0 Å². The molecule has 7 heteroatoms. The van der Waals surface area contributed by atoms with Crippen LogP contribution in [0.5, 0.6) is 0 Å². The average Bonchev–Trinajstić information content (AvgIpc) is 2.26. The molecule has 0 bridgehead atoms. The Morgan fingerprint density at radius 3 is 2.65 bits per heavy atom. The van der Waals surface area contributed by atoms with Crippen LogP contribution >= 0.6 is 24.0 Å². The summed E-state index contributed by atoms with van der Waals surface area (Å²) in [5.41, 5.74) is 5.55. The van der Waals surface area contributed by atoms with Gasteiger partial charge in [-0.05, 0) is 20.3 Å². The number of guanidine groups is 1. The first kappa shape index (κ1) is 18.8. The third-order valence-corrected chi connectivity index (χ3v) is 1.74. The van der Waals surface area contributed by atoms with Crippen LogP contribution in [0.3, 0.4) is 0 Å². The first-order chi connectivity index (χ1) is 7.70. The highest BCUT2D eigenvalue weighted by Crippen LogP contribution is 1.80. The molecule has 17 heavy (non-hydrogen) atoms. The SMILES string of the molecule is CCNC(=O)CN=C(N)NCCCOCC.I. The average molecular weight is 358 g/mol. The van der Waals surface area contributed by atoms with Crippen molar-refractivity contribution in [2.24, 2.45) is 10.7 Å². The molecule has 0 aromatic heterocycles. The Kier molecular flexibility index (Phi) is 14.9. The topological polar surface area (TPSA) is 88.7 Å². The molecule has 1 amide bonds. The van der Waals surface area contributed by atoms with Crippen molar-refractivity contribution in [3.05, 3.63) is 0 Å². The first-order valence-electron chi connectivity index (χ1n) is 5.58. The number of halogens is 1. The molecule has 0 aliphatic heterocycles. The van der Waals surface area contributed by atoms with Crippen LogP contribution in [-0.2, 0) is 9.53 Å². The summed E-state index contributed by atoms with van der Waals surface area (Å²) in [6.07, 6.45) is 0.866. The molecular weight excluding hydrogens is 335 g/mol. The van der Waals surface area contributed by atoms with Crippen molar-refractivity contribution in [2.75, 3.05) is 32.8 Å². The highest BCUT2D eigenvalue weighted by molar-refractivity contribution is 14.0. The number of hydrogen-bond donors (Lipinski definition) is 3. The minimum atomic E-state index is -0.124. The highest BCUT2D eigenvalue weighted by atomic mass is 127. The Bertz CT molecular complexity index is 224. The number of nitrogens with zero attached hydrogens (tertiary/aromatic N) is 1. The minimum absolute atomic E-state index is 0. The van der Waals surface area contributed by atoms with E-state index >= 15 is 0 Å². The Hall–Kier alpha value is -0.570. The van der Waals surface area contributed by atoms with E-state index in [2.05, 4.69) is 15.6 Å². The number of carbonyl (C=O) groups is 1. The van der Waals surface area contributed by atoms with E-state index in [1.165, 1.54) is 0 Å². The van der Waals surface area contributed by atoms with Crippen LogP contribution in [0.2, 0.25) is 0 Å². The van der Waals surface area contributed by atoms with Gasteiger partial charge in [-0.3, -0.25) is 4.79 Å². The second kappa shape index (κ2) is 13.5. The van der Waals surface area contributed by atoms with Crippen LogP contribution in [0.15, 0.2) is 4.99 Å². The zero-order valence-corrected chi connectivity index (χ0v) is 12.8. The smallest absolute Gasteiger partial charge is 0.241 e. The Balaban J connectivity index is 0. The summed E-state index contributed by atoms with van der Waals surface area (Å²) in [7, 11) is 0. The van der Waals surface area contributed by atoms with Crippen molar-refractivity contribution >= 4 is 35.8 Å². The molecule has 0 aliphatic carbocycles. The maximum atomic E-state index is 11.0. The summed E-state index contributed by atoms with van der Waals surface area (Å²) >= 11 is 0. The fourth-order valence-corrected chi connectivity index (χ4v) is 1.00. The van der Waals surface area contributed by atoms with Crippen molar-refractivity contribution in [3.63, 3.8) is 0 Å². The van der Waals surface area contributed by atoms with E-state index in [0.717, 1.165) is 13.0 Å². The lowest BCUT2D eigenvalue weighted by Crippen LogP contribution is -2.34. The number of likely N-dealkylation sites (N-methyl/N-ethyl adjacent to an activating group) is 1. The van der Waals surface area contributed by atoms with Gasteiger partial charge in [0.25, 0.3) is 0 Å². The molecule has 0 aromatic carbocycles. The van der Waals surface area contributed by atoms with E-state index in [9.17, 15) is 4.79 Å². The van der Waals surface area contributed by atoms with E-state index in [4.69, 9.17) is 10.5 Å². The number of rotatable bonds is 8. The van der Waals surface area contributed by atoms with Gasteiger partial charge in [-0.2, -0.15) is 0 Å². The van der Waals surface area contributed by atoms with Gasteiger partial charge in [0, 0.05) is 26.3 Å². The minimum Gasteiger partial charge on any atom is -0.382 e. The fourth-order valence-electron chi connectivity index (χ4n) is 1.00. The van der Waals surface area contributed by atoms with Crippen LogP contribution in [0.1, 0.15) is 20.3 Å². The maximum absolute atomic E-state index is 11.0. The standard InChI is InChI=1S/C10H22N4O2.HI/c1-3-12-9(15)8-14-10(11)13-6-5-7-16-4-2;/h3-8H2,1-2H3,(H,12,15)(H3,11,13,14);1H. The van der Waals surface area contributed by atoms with Gasteiger partial charge in [-0.15, -0.1) is 24.0 Å². The van der Waals surface area contributed by atoms with Crippen molar-refractivity contribution in [3.8, 4) is 0 Å². The van der Waals surface area contributed by atoms with Crippen LogP contribution in [-0.4, -0.2) is 44.7 Å². The number of carbonyl (C=O) groups excluding carboxylic acids is 1. The summed E-state index contributed by atoms with van der Waals surface area (Å²) in [6.45, 7) is 6.61. The monoisotopic (exact) mass is 358 g/mol. The molecule has 6 nitrogen and oxygen atoms in total. The Morgan fingerprint density at radius 2 is 2.06 bits per heavy atom. The van der Waals surface area contributed by atoms with Gasteiger partial charge in [0.2, 0.25) is 5.91 Å². The van der Waals surface area contributed by atoms with Gasteiger partial charge in [0.05, 0.1) is 0 Å². The van der Waals surface area contributed by atoms with E-state index in [1.54, 1.807) is 0 Å². The summed E-state index contributed by atoms with van der Waals surface area (Å²) in [4.78, 5) is 14.9. The number of ether oxygens (including phenoxy) is 1. The summed E-state index contributed by atoms with van der Waals surface area (Å²) in [6, 6.07) is 0. The third kappa shape index (κ3) is 13.4. The molecular formula is C10H23IN4O2. The van der Waals surface area contributed by atoms with Crippen LogP contribution in [0.4, 0.5) is 0 Å². The van der Waals surface area contributed by atoms with E-state index in [-0.39, 0.29) is 36.4 Å². The molecule has 0 heterocycles. The van der Waals surface area contributed by atoms with Crippen molar-refractivity contribution in [1.82, 2.24) is 10.6 Å². The quantitative estimate of drug-likeness (QED) is 0.248.